The average Bonchev–Trinajstić information content (AvgIpc) is 2.86. The minimum absolute atomic E-state index is 0.298. The Balaban J connectivity index is 2.41. The number of aromatic nitrogens is 1. The van der Waals surface area contributed by atoms with Crippen LogP contribution in [-0.4, -0.2) is 36.1 Å². The van der Waals surface area contributed by atoms with Crippen molar-refractivity contribution in [2.24, 2.45) is 5.73 Å². The van der Waals surface area contributed by atoms with E-state index in [-0.39, 0.29) is 0 Å². The summed E-state index contributed by atoms with van der Waals surface area (Å²) < 4.78 is 0. The smallest absolute Gasteiger partial charge is 0.252 e. The molecular formula is C16H26N4O. The summed E-state index contributed by atoms with van der Waals surface area (Å²) in [5, 5.41) is 3.52. The lowest BCUT2D eigenvalue weighted by Crippen LogP contribution is -2.42. The minimum Gasteiger partial charge on any atom is -0.367 e. The van der Waals surface area contributed by atoms with E-state index in [0.717, 1.165) is 24.5 Å². The number of rotatable bonds is 5. The predicted molar refractivity (Wildman–Crippen MR) is 85.7 cm³/mol. The minimum atomic E-state index is -0.403. The van der Waals surface area contributed by atoms with Crippen LogP contribution in [0.2, 0.25) is 0 Å². The summed E-state index contributed by atoms with van der Waals surface area (Å²) in [6.45, 7) is 10.1. The van der Waals surface area contributed by atoms with E-state index in [2.05, 4.69) is 29.0 Å². The van der Waals surface area contributed by atoms with Crippen LogP contribution in [0.25, 0.3) is 0 Å². The predicted octanol–water partition coefficient (Wildman–Crippen LogP) is 1.76. The highest BCUT2D eigenvalue weighted by atomic mass is 16.1. The number of carbonyl (C=O) groups excluding carboxylic acids is 1. The van der Waals surface area contributed by atoms with Crippen LogP contribution in [0, 0.1) is 13.8 Å². The molecule has 2 heterocycles. The monoisotopic (exact) mass is 290 g/mol. The van der Waals surface area contributed by atoms with Gasteiger partial charge in [-0.05, 0) is 53.1 Å². The quantitative estimate of drug-likeness (QED) is 0.867. The molecule has 0 aliphatic carbocycles. The molecule has 1 saturated heterocycles. The van der Waals surface area contributed by atoms with Gasteiger partial charge >= 0.3 is 0 Å². The standard InChI is InChI=1S/C16H26N4O/c1-10(2)20(9-13-6-5-7-18-13)14-8-11(3)19-12(4)15(14)16(17)21/h8,10,13,18H,5-7,9H2,1-4H3,(H2,17,21). The molecule has 1 aliphatic heterocycles. The zero-order chi connectivity index (χ0) is 15.6. The van der Waals surface area contributed by atoms with Gasteiger partial charge in [0, 0.05) is 24.3 Å². The van der Waals surface area contributed by atoms with Crippen molar-refractivity contribution in [1.82, 2.24) is 10.3 Å². The first-order valence-corrected chi connectivity index (χ1v) is 7.68. The highest BCUT2D eigenvalue weighted by Gasteiger charge is 2.24. The third-order valence-electron chi connectivity index (χ3n) is 4.07. The van der Waals surface area contributed by atoms with Gasteiger partial charge in [0.25, 0.3) is 5.91 Å². The second-order valence-corrected chi connectivity index (χ2v) is 6.15. The molecule has 2 rings (SSSR count). The van der Waals surface area contributed by atoms with Crippen molar-refractivity contribution in [3.63, 3.8) is 0 Å². The molecular weight excluding hydrogens is 264 g/mol. The largest absolute Gasteiger partial charge is 0.367 e. The fourth-order valence-electron chi connectivity index (χ4n) is 3.08. The maximum Gasteiger partial charge on any atom is 0.252 e. The van der Waals surface area contributed by atoms with Crippen molar-refractivity contribution in [2.45, 2.75) is 52.6 Å². The second-order valence-electron chi connectivity index (χ2n) is 6.15. The Morgan fingerprint density at radius 2 is 2.24 bits per heavy atom. The van der Waals surface area contributed by atoms with E-state index in [1.165, 1.54) is 12.8 Å². The van der Waals surface area contributed by atoms with Crippen LogP contribution in [0.1, 0.15) is 48.4 Å². The zero-order valence-corrected chi connectivity index (χ0v) is 13.4. The van der Waals surface area contributed by atoms with E-state index >= 15 is 0 Å². The Morgan fingerprint density at radius 3 is 2.76 bits per heavy atom. The lowest BCUT2D eigenvalue weighted by atomic mass is 10.1. The van der Waals surface area contributed by atoms with E-state index in [0.29, 0.717) is 23.3 Å². The molecule has 1 fully saturated rings. The highest BCUT2D eigenvalue weighted by Crippen LogP contribution is 2.26. The summed E-state index contributed by atoms with van der Waals surface area (Å²) in [5.74, 6) is -0.403. The van der Waals surface area contributed by atoms with Crippen LogP contribution in [-0.2, 0) is 0 Å². The van der Waals surface area contributed by atoms with Crippen LogP contribution >= 0.6 is 0 Å². The first kappa shape index (κ1) is 15.8. The summed E-state index contributed by atoms with van der Waals surface area (Å²) in [7, 11) is 0. The van der Waals surface area contributed by atoms with Crippen molar-refractivity contribution >= 4 is 11.6 Å². The molecule has 0 spiro atoms. The Morgan fingerprint density at radius 1 is 1.52 bits per heavy atom. The topological polar surface area (TPSA) is 71.2 Å². The number of hydrogen-bond acceptors (Lipinski definition) is 4. The summed E-state index contributed by atoms with van der Waals surface area (Å²) >= 11 is 0. The van der Waals surface area contributed by atoms with Crippen LogP contribution in [0.3, 0.4) is 0 Å². The number of amides is 1. The van der Waals surface area contributed by atoms with Gasteiger partial charge in [0.15, 0.2) is 0 Å². The number of hydrogen-bond donors (Lipinski definition) is 2. The maximum atomic E-state index is 11.9. The summed E-state index contributed by atoms with van der Waals surface area (Å²) in [4.78, 5) is 18.5. The van der Waals surface area contributed by atoms with E-state index in [4.69, 9.17) is 5.73 Å². The first-order chi connectivity index (χ1) is 9.90. The number of nitrogens with zero attached hydrogens (tertiary/aromatic N) is 2. The third-order valence-corrected chi connectivity index (χ3v) is 4.07. The number of nitrogens with two attached hydrogens (primary N) is 1. The van der Waals surface area contributed by atoms with Gasteiger partial charge in [-0.25, -0.2) is 0 Å². The molecule has 0 saturated carbocycles. The molecule has 116 valence electrons. The molecule has 1 amide bonds. The summed E-state index contributed by atoms with van der Waals surface area (Å²) in [6, 6.07) is 2.75. The number of anilines is 1. The molecule has 0 aromatic carbocycles. The first-order valence-electron chi connectivity index (χ1n) is 7.68. The number of aryl methyl sites for hydroxylation is 2. The number of pyridine rings is 1. The van der Waals surface area contributed by atoms with Crippen molar-refractivity contribution < 1.29 is 4.79 Å². The molecule has 1 aromatic rings. The Labute approximate surface area is 126 Å². The van der Waals surface area contributed by atoms with Crippen molar-refractivity contribution in [1.29, 1.82) is 0 Å². The molecule has 0 radical (unpaired) electrons. The Kier molecular flexibility index (Phi) is 4.83. The Bertz CT molecular complexity index is 521. The number of carbonyl (C=O) groups is 1. The molecule has 5 heteroatoms. The molecule has 1 atom stereocenters. The molecule has 1 aliphatic rings. The third kappa shape index (κ3) is 3.53. The number of nitrogens with one attached hydrogen (secondary N) is 1. The lowest BCUT2D eigenvalue weighted by Gasteiger charge is -2.33. The van der Waals surface area contributed by atoms with Gasteiger partial charge in [-0.2, -0.15) is 0 Å². The van der Waals surface area contributed by atoms with Crippen molar-refractivity contribution in [2.75, 3.05) is 18.0 Å². The molecule has 1 aromatic heterocycles. The van der Waals surface area contributed by atoms with Gasteiger partial charge in [-0.15, -0.1) is 0 Å². The maximum absolute atomic E-state index is 11.9. The van der Waals surface area contributed by atoms with E-state index in [1.54, 1.807) is 0 Å². The molecule has 3 N–H and O–H groups in total. The van der Waals surface area contributed by atoms with Crippen LogP contribution < -0.4 is 16.0 Å². The fourth-order valence-corrected chi connectivity index (χ4v) is 3.08. The van der Waals surface area contributed by atoms with E-state index in [9.17, 15) is 4.79 Å². The van der Waals surface area contributed by atoms with Gasteiger partial charge < -0.3 is 16.0 Å². The fraction of sp³-hybridized carbons (Fsp3) is 0.625. The van der Waals surface area contributed by atoms with Crippen LogP contribution in [0.15, 0.2) is 6.07 Å². The van der Waals surface area contributed by atoms with Crippen molar-refractivity contribution in [3.8, 4) is 0 Å². The summed E-state index contributed by atoms with van der Waals surface area (Å²) in [5.41, 5.74) is 8.68. The summed E-state index contributed by atoms with van der Waals surface area (Å²) in [6.07, 6.45) is 2.39. The van der Waals surface area contributed by atoms with E-state index < -0.39 is 5.91 Å². The second kappa shape index (κ2) is 6.43. The van der Waals surface area contributed by atoms with Gasteiger partial charge in [0.05, 0.1) is 16.9 Å². The van der Waals surface area contributed by atoms with Gasteiger partial charge in [-0.3, -0.25) is 9.78 Å². The lowest BCUT2D eigenvalue weighted by molar-refractivity contribution is 0.0999. The SMILES string of the molecule is Cc1cc(N(CC2CCCN2)C(C)C)c(C(N)=O)c(C)n1. The zero-order valence-electron chi connectivity index (χ0n) is 13.4. The van der Waals surface area contributed by atoms with Crippen molar-refractivity contribution in [3.05, 3.63) is 23.0 Å². The van der Waals surface area contributed by atoms with Gasteiger partial charge in [-0.1, -0.05) is 0 Å². The average molecular weight is 290 g/mol. The number of primary amides is 1. The normalized spacial score (nSPS) is 18.2. The van der Waals surface area contributed by atoms with E-state index in [1.807, 2.05) is 19.9 Å². The van der Waals surface area contributed by atoms with Gasteiger partial charge in [0.1, 0.15) is 0 Å². The van der Waals surface area contributed by atoms with Gasteiger partial charge in [0.2, 0.25) is 0 Å². The molecule has 5 nitrogen and oxygen atoms in total. The Hall–Kier alpha value is -1.62. The molecule has 1 unspecified atom stereocenters. The van der Waals surface area contributed by atoms with Crippen LogP contribution in [0.5, 0.6) is 0 Å². The highest BCUT2D eigenvalue weighted by molar-refractivity contribution is 5.99. The molecule has 0 bridgehead atoms. The molecule has 21 heavy (non-hydrogen) atoms. The van der Waals surface area contributed by atoms with Crippen LogP contribution in [0.4, 0.5) is 5.69 Å².